The van der Waals surface area contributed by atoms with Crippen LogP contribution in [0.5, 0.6) is 0 Å². The number of hydrogen-bond acceptors (Lipinski definition) is 5. The second kappa shape index (κ2) is 8.79. The van der Waals surface area contributed by atoms with Crippen LogP contribution in [0.1, 0.15) is 29.3 Å². The predicted octanol–water partition coefficient (Wildman–Crippen LogP) is 4.18. The largest absolute Gasteiger partial charge is 0.352 e. The minimum Gasteiger partial charge on any atom is -0.352 e. The number of nitrogens with one attached hydrogen (secondary N) is 3. The molecule has 7 heteroatoms. The monoisotopic (exact) mass is 413 g/mol. The van der Waals surface area contributed by atoms with E-state index in [1.807, 2.05) is 32.0 Å². The Labute approximate surface area is 179 Å². The molecule has 0 radical (unpaired) electrons. The summed E-state index contributed by atoms with van der Waals surface area (Å²) in [6.45, 7) is 4.64. The number of fused-ring (bicyclic) bond motifs is 1. The van der Waals surface area contributed by atoms with Crippen molar-refractivity contribution in [2.45, 2.75) is 20.3 Å². The number of rotatable bonds is 6. The van der Waals surface area contributed by atoms with Gasteiger partial charge in [-0.1, -0.05) is 6.92 Å². The highest BCUT2D eigenvalue weighted by atomic mass is 16.1. The number of pyridine rings is 3. The van der Waals surface area contributed by atoms with Crippen LogP contribution < -0.4 is 16.2 Å². The summed E-state index contributed by atoms with van der Waals surface area (Å²) in [5.41, 5.74) is 3.74. The first-order valence-corrected chi connectivity index (χ1v) is 10.2. The first kappa shape index (κ1) is 20.3. The van der Waals surface area contributed by atoms with Gasteiger partial charge >= 0.3 is 0 Å². The molecule has 0 unspecified atom stereocenters. The van der Waals surface area contributed by atoms with E-state index in [4.69, 9.17) is 4.98 Å². The van der Waals surface area contributed by atoms with Crippen LogP contribution >= 0.6 is 0 Å². The lowest BCUT2D eigenvalue weighted by Crippen LogP contribution is -2.23. The lowest BCUT2D eigenvalue weighted by Gasteiger charge is -2.12. The number of carbonyl (C=O) groups excluding carboxylic acids is 1. The Morgan fingerprint density at radius 2 is 1.94 bits per heavy atom. The van der Waals surface area contributed by atoms with Crippen LogP contribution in [0, 0.1) is 6.92 Å². The number of benzene rings is 1. The number of nitrogens with zero attached hydrogens (tertiary/aromatic N) is 2. The Morgan fingerprint density at radius 3 is 2.68 bits per heavy atom. The fourth-order valence-corrected chi connectivity index (χ4v) is 3.36. The summed E-state index contributed by atoms with van der Waals surface area (Å²) in [5, 5.41) is 7.34. The molecular formula is C24H23N5O2. The van der Waals surface area contributed by atoms with Gasteiger partial charge in [-0.05, 0) is 66.8 Å². The Balaban J connectivity index is 1.74. The van der Waals surface area contributed by atoms with Crippen molar-refractivity contribution in [3.8, 4) is 11.3 Å². The van der Waals surface area contributed by atoms with Gasteiger partial charge in [0, 0.05) is 41.9 Å². The summed E-state index contributed by atoms with van der Waals surface area (Å²) >= 11 is 0. The van der Waals surface area contributed by atoms with Crippen LogP contribution in [-0.4, -0.2) is 27.4 Å². The molecule has 1 aromatic carbocycles. The maximum Gasteiger partial charge on any atom is 0.259 e. The molecule has 3 heterocycles. The van der Waals surface area contributed by atoms with Gasteiger partial charge in [0.15, 0.2) is 0 Å². The molecule has 0 saturated carbocycles. The number of hydrogen-bond donors (Lipinski definition) is 3. The standard InChI is InChI=1S/C24H23N5O2/c1-3-10-26-23(30)16-4-6-18(7-5-16)28-22-21-17(9-12-27-24(21)31)13-20(29-22)19-14-25-11-8-15(19)2/h4-9,11-14H,3,10H2,1-2H3,(H,26,30)(H,27,31)(H,28,29). The summed E-state index contributed by atoms with van der Waals surface area (Å²) in [6.07, 6.45) is 6.01. The zero-order valence-corrected chi connectivity index (χ0v) is 17.4. The van der Waals surface area contributed by atoms with Gasteiger partial charge in [-0.3, -0.25) is 14.6 Å². The van der Waals surface area contributed by atoms with Crippen LogP contribution in [0.3, 0.4) is 0 Å². The number of carbonyl (C=O) groups is 1. The highest BCUT2D eigenvalue weighted by Crippen LogP contribution is 2.29. The molecule has 0 aliphatic carbocycles. The van der Waals surface area contributed by atoms with Crippen LogP contribution in [0.15, 0.2) is 65.8 Å². The maximum atomic E-state index is 12.5. The average molecular weight is 413 g/mol. The minimum absolute atomic E-state index is 0.109. The molecule has 7 nitrogen and oxygen atoms in total. The summed E-state index contributed by atoms with van der Waals surface area (Å²) in [7, 11) is 0. The van der Waals surface area contributed by atoms with Gasteiger partial charge in [0.05, 0.1) is 11.1 Å². The number of aromatic amines is 1. The number of H-pyrrole nitrogens is 1. The third kappa shape index (κ3) is 4.30. The van der Waals surface area contributed by atoms with E-state index in [2.05, 4.69) is 20.6 Å². The maximum absolute atomic E-state index is 12.5. The zero-order valence-electron chi connectivity index (χ0n) is 17.4. The Kier molecular flexibility index (Phi) is 5.75. The molecule has 0 fully saturated rings. The van der Waals surface area contributed by atoms with Crippen molar-refractivity contribution in [2.75, 3.05) is 11.9 Å². The van der Waals surface area contributed by atoms with Gasteiger partial charge in [-0.25, -0.2) is 4.98 Å². The van der Waals surface area contributed by atoms with Crippen LogP contribution in [-0.2, 0) is 0 Å². The van der Waals surface area contributed by atoms with E-state index in [0.717, 1.165) is 34.3 Å². The molecule has 4 aromatic rings. The molecule has 0 aliphatic rings. The molecule has 3 N–H and O–H groups in total. The lowest BCUT2D eigenvalue weighted by molar-refractivity contribution is 0.0953. The molecule has 156 valence electrons. The SMILES string of the molecule is CCCNC(=O)c1ccc(Nc2nc(-c3cnccc3C)cc3cc[nH]c(=O)c23)cc1. The van der Waals surface area contributed by atoms with E-state index in [-0.39, 0.29) is 11.5 Å². The van der Waals surface area contributed by atoms with Crippen molar-refractivity contribution in [3.05, 3.63) is 82.5 Å². The fourth-order valence-electron chi connectivity index (χ4n) is 3.36. The van der Waals surface area contributed by atoms with Gasteiger partial charge in [0.2, 0.25) is 0 Å². The van der Waals surface area contributed by atoms with Gasteiger partial charge in [0.25, 0.3) is 11.5 Å². The molecule has 4 rings (SSSR count). The van der Waals surface area contributed by atoms with Crippen molar-refractivity contribution < 1.29 is 4.79 Å². The molecular weight excluding hydrogens is 390 g/mol. The summed E-state index contributed by atoms with van der Waals surface area (Å²) in [6, 6.07) is 12.8. The van der Waals surface area contributed by atoms with Crippen molar-refractivity contribution in [1.29, 1.82) is 0 Å². The molecule has 0 saturated heterocycles. The quantitative estimate of drug-likeness (QED) is 0.440. The van der Waals surface area contributed by atoms with E-state index < -0.39 is 0 Å². The van der Waals surface area contributed by atoms with E-state index in [0.29, 0.717) is 23.3 Å². The first-order chi connectivity index (χ1) is 15.1. The Bertz CT molecular complexity index is 1300. The molecule has 3 aromatic heterocycles. The number of aromatic nitrogens is 3. The van der Waals surface area contributed by atoms with Crippen LogP contribution in [0.25, 0.3) is 22.0 Å². The summed E-state index contributed by atoms with van der Waals surface area (Å²) in [4.78, 5) is 36.3. The Hall–Kier alpha value is -4.00. The third-order valence-corrected chi connectivity index (χ3v) is 5.01. The lowest BCUT2D eigenvalue weighted by atomic mass is 10.1. The molecule has 0 bridgehead atoms. The van der Waals surface area contributed by atoms with Crippen molar-refractivity contribution in [1.82, 2.24) is 20.3 Å². The third-order valence-electron chi connectivity index (χ3n) is 5.01. The minimum atomic E-state index is -0.225. The molecule has 0 aliphatic heterocycles. The van der Waals surface area contributed by atoms with Crippen molar-refractivity contribution in [2.24, 2.45) is 0 Å². The second-order valence-electron chi connectivity index (χ2n) is 7.28. The molecule has 0 atom stereocenters. The summed E-state index contributed by atoms with van der Waals surface area (Å²) < 4.78 is 0. The smallest absolute Gasteiger partial charge is 0.259 e. The molecule has 31 heavy (non-hydrogen) atoms. The Morgan fingerprint density at radius 1 is 1.13 bits per heavy atom. The van der Waals surface area contributed by atoms with E-state index in [1.54, 1.807) is 42.9 Å². The van der Waals surface area contributed by atoms with Gasteiger partial charge in [0.1, 0.15) is 5.82 Å². The van der Waals surface area contributed by atoms with E-state index in [9.17, 15) is 9.59 Å². The van der Waals surface area contributed by atoms with Crippen molar-refractivity contribution >= 4 is 28.2 Å². The number of amides is 1. The molecule has 0 spiro atoms. The van der Waals surface area contributed by atoms with Crippen LogP contribution in [0.2, 0.25) is 0 Å². The summed E-state index contributed by atoms with van der Waals surface area (Å²) in [5.74, 6) is 0.336. The number of aryl methyl sites for hydroxylation is 1. The van der Waals surface area contributed by atoms with Gasteiger partial charge in [-0.2, -0.15) is 0 Å². The number of anilines is 2. The van der Waals surface area contributed by atoms with Gasteiger partial charge < -0.3 is 15.6 Å². The zero-order chi connectivity index (χ0) is 21.8. The van der Waals surface area contributed by atoms with E-state index >= 15 is 0 Å². The first-order valence-electron chi connectivity index (χ1n) is 10.2. The fraction of sp³-hybridized carbons (Fsp3) is 0.167. The highest BCUT2D eigenvalue weighted by Gasteiger charge is 2.13. The molecule has 1 amide bonds. The predicted molar refractivity (Wildman–Crippen MR) is 123 cm³/mol. The second-order valence-corrected chi connectivity index (χ2v) is 7.28. The van der Waals surface area contributed by atoms with Crippen LogP contribution in [0.4, 0.5) is 11.5 Å². The average Bonchev–Trinajstić information content (AvgIpc) is 2.78. The normalized spacial score (nSPS) is 10.8. The van der Waals surface area contributed by atoms with E-state index in [1.165, 1.54) is 0 Å². The van der Waals surface area contributed by atoms with Crippen molar-refractivity contribution in [3.63, 3.8) is 0 Å². The highest BCUT2D eigenvalue weighted by molar-refractivity contribution is 5.96. The van der Waals surface area contributed by atoms with Gasteiger partial charge in [-0.15, -0.1) is 0 Å². The topological polar surface area (TPSA) is 99.8 Å².